The van der Waals surface area contributed by atoms with Gasteiger partial charge in [-0.1, -0.05) is 30.3 Å². The average molecular weight is 299 g/mol. The standard InChI is InChI=1S/C17H17NO4/c19-14(10-18-16(20)7-8-17(18)21)11-22-15-6-5-12-3-1-2-4-13(12)9-15/h1-6,9,14,19H,7-8,10-11H2. The molecule has 0 radical (unpaired) electrons. The van der Waals surface area contributed by atoms with Gasteiger partial charge in [-0.3, -0.25) is 14.5 Å². The van der Waals surface area contributed by atoms with E-state index in [4.69, 9.17) is 4.74 Å². The number of carbonyl (C=O) groups excluding carboxylic acids is 2. The lowest BCUT2D eigenvalue weighted by molar-refractivity contribution is -0.140. The maximum absolute atomic E-state index is 11.5. The molecule has 1 fully saturated rings. The van der Waals surface area contributed by atoms with Gasteiger partial charge in [-0.15, -0.1) is 0 Å². The zero-order valence-corrected chi connectivity index (χ0v) is 12.1. The molecular weight excluding hydrogens is 282 g/mol. The van der Waals surface area contributed by atoms with E-state index in [1.165, 1.54) is 0 Å². The van der Waals surface area contributed by atoms with Crippen LogP contribution in [0.5, 0.6) is 5.75 Å². The predicted octanol–water partition coefficient (Wildman–Crippen LogP) is 1.73. The van der Waals surface area contributed by atoms with Crippen molar-refractivity contribution in [1.29, 1.82) is 0 Å². The van der Waals surface area contributed by atoms with Gasteiger partial charge in [-0.25, -0.2) is 0 Å². The molecule has 3 rings (SSSR count). The molecule has 1 atom stereocenters. The van der Waals surface area contributed by atoms with Gasteiger partial charge in [0.25, 0.3) is 0 Å². The second kappa shape index (κ2) is 6.15. The van der Waals surface area contributed by atoms with Crippen LogP contribution in [0.15, 0.2) is 42.5 Å². The Morgan fingerprint density at radius 2 is 1.73 bits per heavy atom. The van der Waals surface area contributed by atoms with E-state index in [2.05, 4.69) is 0 Å². The summed E-state index contributed by atoms with van der Waals surface area (Å²) in [6, 6.07) is 13.6. The zero-order valence-electron chi connectivity index (χ0n) is 12.1. The van der Waals surface area contributed by atoms with Crippen LogP contribution in [0, 0.1) is 0 Å². The van der Waals surface area contributed by atoms with Gasteiger partial charge < -0.3 is 9.84 Å². The molecule has 0 bridgehead atoms. The summed E-state index contributed by atoms with van der Waals surface area (Å²) in [4.78, 5) is 24.1. The quantitative estimate of drug-likeness (QED) is 0.854. The van der Waals surface area contributed by atoms with Crippen LogP contribution in [0.2, 0.25) is 0 Å². The Bertz CT molecular complexity index is 697. The van der Waals surface area contributed by atoms with Gasteiger partial charge in [0.05, 0.1) is 6.54 Å². The summed E-state index contributed by atoms with van der Waals surface area (Å²) in [5, 5.41) is 12.1. The van der Waals surface area contributed by atoms with Crippen LogP contribution in [0.1, 0.15) is 12.8 Å². The fourth-order valence-corrected chi connectivity index (χ4v) is 2.54. The van der Waals surface area contributed by atoms with Gasteiger partial charge in [-0.05, 0) is 22.9 Å². The summed E-state index contributed by atoms with van der Waals surface area (Å²) in [6.07, 6.45) is -0.425. The van der Waals surface area contributed by atoms with Gasteiger partial charge in [0, 0.05) is 12.8 Å². The van der Waals surface area contributed by atoms with Crippen molar-refractivity contribution in [3.63, 3.8) is 0 Å². The first-order valence-corrected chi connectivity index (χ1v) is 7.26. The number of hydrogen-bond donors (Lipinski definition) is 1. The number of aliphatic hydroxyl groups is 1. The molecule has 0 spiro atoms. The number of imide groups is 1. The van der Waals surface area contributed by atoms with Crippen molar-refractivity contribution >= 4 is 22.6 Å². The largest absolute Gasteiger partial charge is 0.491 e. The van der Waals surface area contributed by atoms with Crippen molar-refractivity contribution in [2.24, 2.45) is 0 Å². The van der Waals surface area contributed by atoms with Crippen LogP contribution < -0.4 is 4.74 Å². The highest BCUT2D eigenvalue weighted by molar-refractivity contribution is 6.01. The Kier molecular flexibility index (Phi) is 4.06. The minimum absolute atomic E-state index is 0.00868. The van der Waals surface area contributed by atoms with E-state index in [1.807, 2.05) is 42.5 Å². The fourth-order valence-electron chi connectivity index (χ4n) is 2.54. The number of likely N-dealkylation sites (tertiary alicyclic amines) is 1. The van der Waals surface area contributed by atoms with Crippen LogP contribution >= 0.6 is 0 Å². The number of hydrogen-bond acceptors (Lipinski definition) is 4. The molecular formula is C17H17NO4. The molecule has 2 amide bonds. The highest BCUT2D eigenvalue weighted by Crippen LogP contribution is 2.21. The van der Waals surface area contributed by atoms with Crippen molar-refractivity contribution in [3.8, 4) is 5.75 Å². The molecule has 5 heteroatoms. The third kappa shape index (κ3) is 3.09. The molecule has 1 heterocycles. The monoisotopic (exact) mass is 299 g/mol. The van der Waals surface area contributed by atoms with E-state index < -0.39 is 6.10 Å². The molecule has 2 aromatic carbocycles. The third-order valence-corrected chi connectivity index (χ3v) is 3.71. The molecule has 1 N–H and O–H groups in total. The summed E-state index contributed by atoms with van der Waals surface area (Å²) in [5.41, 5.74) is 0. The Labute approximate surface area is 128 Å². The summed E-state index contributed by atoms with van der Waals surface area (Å²) < 4.78 is 5.56. The van der Waals surface area contributed by atoms with Crippen molar-refractivity contribution in [1.82, 2.24) is 4.90 Å². The lowest BCUT2D eigenvalue weighted by Gasteiger charge is -2.18. The number of ether oxygens (including phenoxy) is 1. The molecule has 0 saturated carbocycles. The van der Waals surface area contributed by atoms with Crippen LogP contribution in [0.3, 0.4) is 0 Å². The van der Waals surface area contributed by atoms with Crippen molar-refractivity contribution in [2.45, 2.75) is 18.9 Å². The van der Waals surface area contributed by atoms with E-state index in [0.717, 1.165) is 15.7 Å². The molecule has 0 aliphatic carbocycles. The van der Waals surface area contributed by atoms with Gasteiger partial charge in [0.2, 0.25) is 11.8 Å². The highest BCUT2D eigenvalue weighted by atomic mass is 16.5. The molecule has 2 aromatic rings. The normalized spacial score (nSPS) is 16.3. The Morgan fingerprint density at radius 3 is 2.45 bits per heavy atom. The van der Waals surface area contributed by atoms with Crippen LogP contribution in [-0.2, 0) is 9.59 Å². The third-order valence-electron chi connectivity index (χ3n) is 3.71. The molecule has 1 aliphatic rings. The molecule has 0 aromatic heterocycles. The van der Waals surface area contributed by atoms with E-state index in [1.54, 1.807) is 0 Å². The summed E-state index contributed by atoms with van der Waals surface area (Å²) >= 11 is 0. The van der Waals surface area contributed by atoms with Crippen molar-refractivity contribution in [3.05, 3.63) is 42.5 Å². The fraction of sp³-hybridized carbons (Fsp3) is 0.294. The first kappa shape index (κ1) is 14.5. The Morgan fingerprint density at radius 1 is 1.05 bits per heavy atom. The van der Waals surface area contributed by atoms with E-state index >= 15 is 0 Å². The topological polar surface area (TPSA) is 66.8 Å². The smallest absolute Gasteiger partial charge is 0.229 e. The summed E-state index contributed by atoms with van der Waals surface area (Å²) in [6.45, 7) is 0.0284. The van der Waals surface area contributed by atoms with Crippen LogP contribution in [0.25, 0.3) is 10.8 Å². The Balaban J connectivity index is 1.58. The molecule has 114 valence electrons. The number of rotatable bonds is 5. The highest BCUT2D eigenvalue weighted by Gasteiger charge is 2.30. The van der Waals surface area contributed by atoms with E-state index in [-0.39, 0.29) is 37.8 Å². The van der Waals surface area contributed by atoms with Gasteiger partial charge >= 0.3 is 0 Å². The van der Waals surface area contributed by atoms with Crippen molar-refractivity contribution in [2.75, 3.05) is 13.2 Å². The molecule has 1 saturated heterocycles. The molecule has 5 nitrogen and oxygen atoms in total. The minimum atomic E-state index is -0.891. The number of β-amino-alcohol motifs (C(OH)–C–C–N with tert-alkyl or cyclic N) is 1. The number of benzene rings is 2. The maximum atomic E-state index is 11.5. The Hall–Kier alpha value is -2.40. The number of amides is 2. The van der Waals surface area contributed by atoms with Gasteiger partial charge in [-0.2, -0.15) is 0 Å². The lowest BCUT2D eigenvalue weighted by atomic mass is 10.1. The zero-order chi connectivity index (χ0) is 15.5. The maximum Gasteiger partial charge on any atom is 0.229 e. The molecule has 1 unspecified atom stereocenters. The van der Waals surface area contributed by atoms with Gasteiger partial charge in [0.15, 0.2) is 0 Å². The van der Waals surface area contributed by atoms with Crippen molar-refractivity contribution < 1.29 is 19.4 Å². The molecule has 22 heavy (non-hydrogen) atoms. The number of nitrogens with zero attached hydrogens (tertiary/aromatic N) is 1. The summed E-state index contributed by atoms with van der Waals surface area (Å²) in [7, 11) is 0. The van der Waals surface area contributed by atoms with Crippen LogP contribution in [-0.4, -0.2) is 41.1 Å². The average Bonchev–Trinajstić information content (AvgIpc) is 2.84. The second-order valence-corrected chi connectivity index (χ2v) is 5.37. The number of aliphatic hydroxyl groups excluding tert-OH is 1. The lowest BCUT2D eigenvalue weighted by Crippen LogP contribution is -2.38. The van der Waals surface area contributed by atoms with E-state index in [0.29, 0.717) is 5.75 Å². The second-order valence-electron chi connectivity index (χ2n) is 5.37. The first-order valence-electron chi connectivity index (χ1n) is 7.26. The van der Waals surface area contributed by atoms with Gasteiger partial charge in [0.1, 0.15) is 18.5 Å². The van der Waals surface area contributed by atoms with E-state index in [9.17, 15) is 14.7 Å². The minimum Gasteiger partial charge on any atom is -0.491 e. The van der Waals surface area contributed by atoms with Crippen LogP contribution in [0.4, 0.5) is 0 Å². The number of carbonyl (C=O) groups is 2. The molecule has 1 aliphatic heterocycles. The number of fused-ring (bicyclic) bond motifs is 1. The SMILES string of the molecule is O=C1CCC(=O)N1CC(O)COc1ccc2ccccc2c1. The first-order chi connectivity index (χ1) is 10.6. The predicted molar refractivity (Wildman–Crippen MR) is 81.4 cm³/mol. The summed E-state index contributed by atoms with van der Waals surface area (Å²) in [5.74, 6) is 0.196.